The van der Waals surface area contributed by atoms with Crippen LogP contribution in [0.4, 0.5) is 0 Å². The van der Waals surface area contributed by atoms with E-state index < -0.39 is 23.5 Å². The maximum Gasteiger partial charge on any atom is 0.243 e. The molecule has 2 aliphatic rings. The Morgan fingerprint density at radius 2 is 1.82 bits per heavy atom. The maximum absolute atomic E-state index is 13.7. The summed E-state index contributed by atoms with van der Waals surface area (Å²) < 4.78 is 6.05. The van der Waals surface area contributed by atoms with Crippen LogP contribution in [0.1, 0.15) is 43.7 Å². The van der Waals surface area contributed by atoms with E-state index in [0.29, 0.717) is 31.0 Å². The largest absolute Gasteiger partial charge is 0.492 e. The Balaban J connectivity index is 1.61. The number of likely N-dealkylation sites (N-methyl/N-ethyl adjacent to an activating group) is 1. The fourth-order valence-corrected chi connectivity index (χ4v) is 5.42. The number of rotatable bonds is 2. The quantitative estimate of drug-likeness (QED) is 0.531. The lowest BCUT2D eigenvalue weighted by molar-refractivity contribution is -0.144. The van der Waals surface area contributed by atoms with E-state index in [1.54, 1.807) is 26.1 Å². The van der Waals surface area contributed by atoms with Crippen LogP contribution < -0.4 is 20.7 Å². The molecule has 39 heavy (non-hydrogen) atoms. The molecule has 2 atom stereocenters. The highest BCUT2D eigenvalue weighted by Gasteiger charge is 2.44. The summed E-state index contributed by atoms with van der Waals surface area (Å²) in [6.45, 7) is 2.84. The second kappa shape index (κ2) is 13.1. The number of nitrogens with one attached hydrogen (secondary N) is 3. The van der Waals surface area contributed by atoms with Crippen molar-refractivity contribution in [3.8, 4) is 5.75 Å². The lowest BCUT2D eigenvalue weighted by Gasteiger charge is -2.36. The highest BCUT2D eigenvalue weighted by atomic mass is 35.5. The first-order valence-electron chi connectivity index (χ1n) is 13.5. The Morgan fingerprint density at radius 1 is 1.05 bits per heavy atom. The molecule has 4 rings (SSSR count). The Bertz CT molecular complexity index is 1210. The molecule has 0 radical (unpaired) electrons. The van der Waals surface area contributed by atoms with E-state index in [9.17, 15) is 14.4 Å². The minimum absolute atomic E-state index is 0.122. The Morgan fingerprint density at radius 3 is 2.59 bits per heavy atom. The van der Waals surface area contributed by atoms with E-state index in [0.717, 1.165) is 29.7 Å². The molecule has 1 saturated carbocycles. The summed E-state index contributed by atoms with van der Waals surface area (Å²) in [6.07, 6.45) is 7.27. The normalized spacial score (nSPS) is 23.7. The molecule has 2 aromatic carbocycles. The highest BCUT2D eigenvalue weighted by Crippen LogP contribution is 2.32. The number of carbonyl (C=O) groups is 3. The lowest BCUT2D eigenvalue weighted by atomic mass is 9.94. The van der Waals surface area contributed by atoms with E-state index >= 15 is 0 Å². The van der Waals surface area contributed by atoms with Gasteiger partial charge in [0.25, 0.3) is 0 Å². The average Bonchev–Trinajstić information content (AvgIpc) is 3.42. The van der Waals surface area contributed by atoms with E-state index in [1.807, 2.05) is 48.6 Å². The molecule has 3 amide bonds. The fourth-order valence-electron chi connectivity index (χ4n) is 5.20. The second-order valence-electron chi connectivity index (χ2n) is 10.2. The molecule has 1 aliphatic heterocycles. The van der Waals surface area contributed by atoms with Crippen molar-refractivity contribution in [3.05, 3.63) is 70.8 Å². The van der Waals surface area contributed by atoms with Gasteiger partial charge in [0.05, 0.1) is 5.54 Å². The molecule has 0 aromatic heterocycles. The van der Waals surface area contributed by atoms with Gasteiger partial charge in [-0.15, -0.1) is 0 Å². The summed E-state index contributed by atoms with van der Waals surface area (Å²) in [6, 6.07) is 13.3. The molecule has 1 fully saturated rings. The van der Waals surface area contributed by atoms with Gasteiger partial charge in [-0.1, -0.05) is 66.9 Å². The van der Waals surface area contributed by atoms with Crippen LogP contribution in [-0.4, -0.2) is 67.0 Å². The van der Waals surface area contributed by atoms with Gasteiger partial charge in [-0.25, -0.2) is 0 Å². The number of hydrogen-bond acceptors (Lipinski definition) is 5. The summed E-state index contributed by atoms with van der Waals surface area (Å²) in [5.41, 5.74) is 0.962. The molecule has 208 valence electrons. The van der Waals surface area contributed by atoms with Crippen LogP contribution in [-0.2, 0) is 20.8 Å². The minimum Gasteiger partial charge on any atom is -0.492 e. The van der Waals surface area contributed by atoms with Gasteiger partial charge >= 0.3 is 0 Å². The molecular weight excluding hydrogens is 516 g/mol. The molecule has 3 N–H and O–H groups in total. The van der Waals surface area contributed by atoms with Crippen molar-refractivity contribution < 1.29 is 19.1 Å². The van der Waals surface area contributed by atoms with Gasteiger partial charge in [0.2, 0.25) is 17.7 Å². The Hall–Kier alpha value is -3.36. The molecule has 9 heteroatoms. The van der Waals surface area contributed by atoms with Crippen molar-refractivity contribution in [3.63, 3.8) is 0 Å². The number of benzene rings is 2. The Labute approximate surface area is 235 Å². The van der Waals surface area contributed by atoms with Crippen LogP contribution in [0.25, 0.3) is 6.08 Å². The second-order valence-corrected chi connectivity index (χ2v) is 10.7. The Kier molecular flexibility index (Phi) is 9.64. The number of halogens is 1. The molecular formula is C30H37ClN4O4. The van der Waals surface area contributed by atoms with Crippen LogP contribution in [0.15, 0.2) is 54.6 Å². The smallest absolute Gasteiger partial charge is 0.243 e. The van der Waals surface area contributed by atoms with Gasteiger partial charge in [0.1, 0.15) is 24.4 Å². The zero-order chi connectivity index (χ0) is 27.8. The fraction of sp³-hybridized carbons (Fsp3) is 0.433. The third-order valence-electron chi connectivity index (χ3n) is 7.54. The number of amides is 3. The third-order valence-corrected chi connectivity index (χ3v) is 7.78. The summed E-state index contributed by atoms with van der Waals surface area (Å²) >= 11 is 6.16. The van der Waals surface area contributed by atoms with E-state index in [4.69, 9.17) is 16.3 Å². The van der Waals surface area contributed by atoms with E-state index in [2.05, 4.69) is 16.0 Å². The molecule has 2 aromatic rings. The molecule has 0 unspecified atom stereocenters. The monoisotopic (exact) mass is 552 g/mol. The standard InChI is InChI=1S/C30H37ClN4O4/c1-21-27(36)34-25(20-22-9-7-12-24(31)19-22)28(37)32-16-8-11-23-10-3-4-13-26(23)39-18-17-33-30(14-5-6-15-30)29(38)35(21)2/h3-4,7-13,19,21,25,33H,5-6,14-18,20H2,1-2H3,(H,32,37)(H,34,36)/b11-8+/t21-,25+/m0/s1. The predicted octanol–water partition coefficient (Wildman–Crippen LogP) is 3.34. The molecule has 8 nitrogen and oxygen atoms in total. The number of carbonyl (C=O) groups excluding carboxylic acids is 3. The number of fused-ring (bicyclic) bond motifs is 1. The van der Waals surface area contributed by atoms with E-state index in [1.165, 1.54) is 4.90 Å². The van der Waals surface area contributed by atoms with Crippen molar-refractivity contribution >= 4 is 35.4 Å². The van der Waals surface area contributed by atoms with Crippen LogP contribution >= 0.6 is 11.6 Å². The third kappa shape index (κ3) is 7.19. The summed E-state index contributed by atoms with van der Waals surface area (Å²) in [5, 5.41) is 9.78. The average molecular weight is 553 g/mol. The van der Waals surface area contributed by atoms with Gasteiger partial charge in [-0.05, 0) is 43.5 Å². The first-order valence-corrected chi connectivity index (χ1v) is 13.9. The molecule has 0 bridgehead atoms. The summed E-state index contributed by atoms with van der Waals surface area (Å²) in [5.74, 6) is -0.113. The lowest BCUT2D eigenvalue weighted by Crippen LogP contribution is -2.61. The molecule has 1 spiro atoms. The van der Waals surface area contributed by atoms with E-state index in [-0.39, 0.29) is 24.8 Å². The predicted molar refractivity (Wildman–Crippen MR) is 153 cm³/mol. The number of para-hydroxylation sites is 1. The number of nitrogens with zero attached hydrogens (tertiary/aromatic N) is 1. The van der Waals surface area contributed by atoms with Crippen LogP contribution in [0, 0.1) is 0 Å². The first-order chi connectivity index (χ1) is 18.8. The van der Waals surface area contributed by atoms with Gasteiger partial charge in [-0.2, -0.15) is 0 Å². The van der Waals surface area contributed by atoms with Crippen molar-refractivity contribution in [1.82, 2.24) is 20.9 Å². The minimum atomic E-state index is -0.844. The highest BCUT2D eigenvalue weighted by molar-refractivity contribution is 6.30. The zero-order valence-corrected chi connectivity index (χ0v) is 23.3. The first kappa shape index (κ1) is 28.6. The van der Waals surface area contributed by atoms with Crippen molar-refractivity contribution in [2.24, 2.45) is 0 Å². The number of ether oxygens (including phenoxy) is 1. The van der Waals surface area contributed by atoms with Crippen LogP contribution in [0.5, 0.6) is 5.75 Å². The molecule has 1 heterocycles. The zero-order valence-electron chi connectivity index (χ0n) is 22.5. The van der Waals surface area contributed by atoms with Gasteiger partial charge < -0.3 is 20.3 Å². The van der Waals surface area contributed by atoms with Gasteiger partial charge in [-0.3, -0.25) is 19.7 Å². The van der Waals surface area contributed by atoms with Crippen molar-refractivity contribution in [1.29, 1.82) is 0 Å². The van der Waals surface area contributed by atoms with Crippen LogP contribution in [0.2, 0.25) is 5.02 Å². The number of hydrogen-bond donors (Lipinski definition) is 3. The van der Waals surface area contributed by atoms with Gasteiger partial charge in [0.15, 0.2) is 0 Å². The SMILES string of the molecule is C[C@H]1C(=O)N[C@H](Cc2cccc(Cl)c2)C(=O)NC/C=C/c2ccccc2OCCNC2(CCCC2)C(=O)N1C. The van der Waals surface area contributed by atoms with Crippen molar-refractivity contribution in [2.45, 2.75) is 56.7 Å². The molecule has 1 aliphatic carbocycles. The maximum atomic E-state index is 13.7. The summed E-state index contributed by atoms with van der Waals surface area (Å²) in [7, 11) is 1.65. The summed E-state index contributed by atoms with van der Waals surface area (Å²) in [4.78, 5) is 41.8. The van der Waals surface area contributed by atoms with Crippen LogP contribution in [0.3, 0.4) is 0 Å². The van der Waals surface area contributed by atoms with Gasteiger partial charge in [0, 0.05) is 37.1 Å². The molecule has 0 saturated heterocycles. The van der Waals surface area contributed by atoms with Crippen molar-refractivity contribution in [2.75, 3.05) is 26.7 Å². The topological polar surface area (TPSA) is 99.8 Å².